The fraction of sp³-hybridized carbons (Fsp3) is 0.385. The van der Waals surface area contributed by atoms with E-state index in [0.29, 0.717) is 23.0 Å². The molecule has 0 spiro atoms. The fourth-order valence-corrected chi connectivity index (χ4v) is 1.83. The molecule has 1 heterocycles. The van der Waals surface area contributed by atoms with E-state index in [4.69, 9.17) is 9.47 Å². The van der Waals surface area contributed by atoms with Crippen molar-refractivity contribution in [1.29, 1.82) is 0 Å². The van der Waals surface area contributed by atoms with Crippen molar-refractivity contribution in [2.75, 3.05) is 6.79 Å². The van der Waals surface area contributed by atoms with Crippen molar-refractivity contribution >= 4 is 11.6 Å². The number of hydrogen-bond donors (Lipinski definition) is 1. The summed E-state index contributed by atoms with van der Waals surface area (Å²) in [6, 6.07) is 5.10. The highest BCUT2D eigenvalue weighted by Crippen LogP contribution is 2.32. The van der Waals surface area contributed by atoms with Gasteiger partial charge in [-0.1, -0.05) is 0 Å². The molecule has 1 saturated carbocycles. The summed E-state index contributed by atoms with van der Waals surface area (Å²) in [5.74, 6) is 1.60. The minimum absolute atomic E-state index is 0.208. The van der Waals surface area contributed by atoms with Crippen LogP contribution in [-0.2, 0) is 0 Å². The van der Waals surface area contributed by atoms with Crippen LogP contribution in [0.15, 0.2) is 23.3 Å². The number of hydrogen-bond acceptors (Lipinski definition) is 4. The normalized spacial score (nSPS) is 17.7. The third-order valence-electron chi connectivity index (χ3n) is 3.14. The van der Waals surface area contributed by atoms with Crippen molar-refractivity contribution in [1.82, 2.24) is 5.43 Å². The van der Waals surface area contributed by atoms with E-state index < -0.39 is 0 Å². The zero-order valence-corrected chi connectivity index (χ0v) is 10.1. The van der Waals surface area contributed by atoms with Crippen LogP contribution in [0.25, 0.3) is 0 Å². The van der Waals surface area contributed by atoms with Gasteiger partial charge >= 0.3 is 0 Å². The summed E-state index contributed by atoms with van der Waals surface area (Å²) in [4.78, 5) is 11.9. The van der Waals surface area contributed by atoms with Crippen LogP contribution < -0.4 is 14.9 Å². The lowest BCUT2D eigenvalue weighted by molar-refractivity contribution is 0.0954. The number of rotatable bonds is 3. The number of hydrazone groups is 1. The Hall–Kier alpha value is -2.04. The average molecular weight is 246 g/mol. The molecule has 1 fully saturated rings. The molecule has 3 rings (SSSR count). The van der Waals surface area contributed by atoms with Crippen LogP contribution in [-0.4, -0.2) is 18.4 Å². The maximum absolute atomic E-state index is 11.9. The summed E-state index contributed by atoms with van der Waals surface area (Å²) in [7, 11) is 0. The molecule has 5 nitrogen and oxygen atoms in total. The van der Waals surface area contributed by atoms with E-state index in [1.165, 1.54) is 12.8 Å². The van der Waals surface area contributed by atoms with Gasteiger partial charge < -0.3 is 9.47 Å². The Bertz CT molecular complexity index is 521. The van der Waals surface area contributed by atoms with Gasteiger partial charge in [-0.3, -0.25) is 4.79 Å². The second kappa shape index (κ2) is 4.33. The van der Waals surface area contributed by atoms with Gasteiger partial charge in [-0.15, -0.1) is 0 Å². The molecule has 0 aromatic heterocycles. The van der Waals surface area contributed by atoms with E-state index in [9.17, 15) is 4.79 Å². The van der Waals surface area contributed by atoms with Crippen molar-refractivity contribution in [2.24, 2.45) is 11.0 Å². The Labute approximate surface area is 105 Å². The third kappa shape index (κ3) is 2.16. The summed E-state index contributed by atoms with van der Waals surface area (Å²) < 4.78 is 10.4. The second-order valence-corrected chi connectivity index (χ2v) is 4.54. The Morgan fingerprint density at radius 3 is 2.89 bits per heavy atom. The number of carbonyl (C=O) groups excluding carboxylic acids is 1. The first-order chi connectivity index (χ1) is 8.74. The van der Waals surface area contributed by atoms with Gasteiger partial charge in [0.25, 0.3) is 5.91 Å². The van der Waals surface area contributed by atoms with Crippen LogP contribution in [0.1, 0.15) is 30.1 Å². The lowest BCUT2D eigenvalue weighted by Gasteiger charge is -2.03. The molecule has 1 aromatic carbocycles. The zero-order chi connectivity index (χ0) is 12.5. The molecule has 0 saturated heterocycles. The van der Waals surface area contributed by atoms with E-state index in [1.807, 2.05) is 6.92 Å². The van der Waals surface area contributed by atoms with Crippen LogP contribution in [0, 0.1) is 5.92 Å². The molecule has 1 N–H and O–H groups in total. The summed E-state index contributed by atoms with van der Waals surface area (Å²) in [6.07, 6.45) is 2.35. The maximum atomic E-state index is 11.9. The van der Waals surface area contributed by atoms with Gasteiger partial charge in [-0.25, -0.2) is 5.43 Å². The van der Waals surface area contributed by atoms with Crippen molar-refractivity contribution < 1.29 is 14.3 Å². The third-order valence-corrected chi connectivity index (χ3v) is 3.14. The lowest BCUT2D eigenvalue weighted by Crippen LogP contribution is -2.19. The molecule has 1 amide bonds. The highest BCUT2D eigenvalue weighted by atomic mass is 16.7. The summed E-state index contributed by atoms with van der Waals surface area (Å²) in [5, 5.41) is 4.10. The highest BCUT2D eigenvalue weighted by Gasteiger charge is 2.24. The van der Waals surface area contributed by atoms with Gasteiger partial charge in [0, 0.05) is 11.3 Å². The van der Waals surface area contributed by atoms with Crippen LogP contribution >= 0.6 is 0 Å². The summed E-state index contributed by atoms with van der Waals surface area (Å²) >= 11 is 0. The molecule has 0 unspecified atom stereocenters. The summed E-state index contributed by atoms with van der Waals surface area (Å²) in [5.41, 5.74) is 4.07. The number of fused-ring (bicyclic) bond motifs is 1. The molecule has 0 bridgehead atoms. The minimum atomic E-state index is -0.228. The molecular formula is C13H14N2O3. The van der Waals surface area contributed by atoms with E-state index in [-0.39, 0.29) is 12.7 Å². The maximum Gasteiger partial charge on any atom is 0.271 e. The molecule has 1 aliphatic heterocycles. The van der Waals surface area contributed by atoms with Crippen molar-refractivity contribution in [2.45, 2.75) is 19.8 Å². The Morgan fingerprint density at radius 1 is 1.33 bits per heavy atom. The van der Waals surface area contributed by atoms with Gasteiger partial charge in [0.2, 0.25) is 6.79 Å². The first-order valence-electron chi connectivity index (χ1n) is 5.98. The Kier molecular flexibility index (Phi) is 2.66. The molecule has 18 heavy (non-hydrogen) atoms. The molecule has 1 aliphatic carbocycles. The standard InChI is InChI=1S/C13H14N2O3/c1-8(9-2-3-9)14-15-13(16)10-4-5-11-12(6-10)18-7-17-11/h4-6,9H,2-3,7H2,1H3,(H,15,16). The molecule has 0 radical (unpaired) electrons. The van der Waals surface area contributed by atoms with Crippen molar-refractivity contribution in [3.63, 3.8) is 0 Å². The van der Waals surface area contributed by atoms with Gasteiger partial charge in [-0.05, 0) is 43.9 Å². The number of nitrogens with one attached hydrogen (secondary N) is 1. The highest BCUT2D eigenvalue weighted by molar-refractivity contribution is 5.96. The number of carbonyl (C=O) groups is 1. The predicted molar refractivity (Wildman–Crippen MR) is 65.9 cm³/mol. The second-order valence-electron chi connectivity index (χ2n) is 4.54. The quantitative estimate of drug-likeness (QED) is 0.655. The zero-order valence-electron chi connectivity index (χ0n) is 10.1. The molecular weight excluding hydrogens is 232 g/mol. The lowest BCUT2D eigenvalue weighted by atomic mass is 10.2. The molecule has 2 aliphatic rings. The fourth-order valence-electron chi connectivity index (χ4n) is 1.83. The van der Waals surface area contributed by atoms with Crippen LogP contribution in [0.4, 0.5) is 0 Å². The molecule has 5 heteroatoms. The predicted octanol–water partition coefficient (Wildman–Crippen LogP) is 1.93. The van der Waals surface area contributed by atoms with E-state index in [0.717, 1.165) is 5.71 Å². The van der Waals surface area contributed by atoms with Gasteiger partial charge in [0.1, 0.15) is 0 Å². The SMILES string of the molecule is CC(=NNC(=O)c1ccc2c(c1)OCO2)C1CC1. The first kappa shape index (κ1) is 11.1. The smallest absolute Gasteiger partial charge is 0.271 e. The van der Waals surface area contributed by atoms with Crippen LogP contribution in [0.2, 0.25) is 0 Å². The average Bonchev–Trinajstić information content (AvgIpc) is 3.13. The Morgan fingerprint density at radius 2 is 2.11 bits per heavy atom. The van der Waals surface area contributed by atoms with Crippen LogP contribution in [0.5, 0.6) is 11.5 Å². The Balaban J connectivity index is 1.70. The van der Waals surface area contributed by atoms with Gasteiger partial charge in [-0.2, -0.15) is 5.10 Å². The largest absolute Gasteiger partial charge is 0.454 e. The summed E-state index contributed by atoms with van der Waals surface area (Å²) in [6.45, 7) is 2.15. The minimum Gasteiger partial charge on any atom is -0.454 e. The number of nitrogens with zero attached hydrogens (tertiary/aromatic N) is 1. The van der Waals surface area contributed by atoms with E-state index >= 15 is 0 Å². The number of ether oxygens (including phenoxy) is 2. The van der Waals surface area contributed by atoms with Gasteiger partial charge in [0.05, 0.1) is 0 Å². The van der Waals surface area contributed by atoms with Gasteiger partial charge in [0.15, 0.2) is 11.5 Å². The molecule has 94 valence electrons. The molecule has 0 atom stereocenters. The number of amides is 1. The van der Waals surface area contributed by atoms with Crippen LogP contribution in [0.3, 0.4) is 0 Å². The first-order valence-corrected chi connectivity index (χ1v) is 5.98. The van der Waals surface area contributed by atoms with Crippen molar-refractivity contribution in [3.8, 4) is 11.5 Å². The monoisotopic (exact) mass is 246 g/mol. The topological polar surface area (TPSA) is 59.9 Å². The van der Waals surface area contributed by atoms with E-state index in [2.05, 4.69) is 10.5 Å². The molecule has 1 aromatic rings. The van der Waals surface area contributed by atoms with E-state index in [1.54, 1.807) is 18.2 Å². The number of benzene rings is 1. The van der Waals surface area contributed by atoms with Crippen molar-refractivity contribution in [3.05, 3.63) is 23.8 Å².